The number of carboxylic acids is 1. The van der Waals surface area contributed by atoms with E-state index in [1.807, 2.05) is 11.0 Å². The highest BCUT2D eigenvalue weighted by Gasteiger charge is 2.41. The molecule has 1 aromatic carbocycles. The minimum Gasteiger partial charge on any atom is -0.508 e. The summed E-state index contributed by atoms with van der Waals surface area (Å²) in [6, 6.07) is 6.79. The molecule has 0 radical (unpaired) electrons. The summed E-state index contributed by atoms with van der Waals surface area (Å²) in [7, 11) is 0. The quantitative estimate of drug-likeness (QED) is 0.865. The van der Waals surface area contributed by atoms with E-state index >= 15 is 0 Å². The number of alkyl halides is 1. The Bertz CT molecular complexity index is 442. The second-order valence-electron chi connectivity index (χ2n) is 4.73. The molecule has 1 saturated heterocycles. The smallest absolute Gasteiger partial charge is 0.312 e. The number of benzene rings is 1. The van der Waals surface area contributed by atoms with Gasteiger partial charge in [-0.05, 0) is 25.0 Å². The summed E-state index contributed by atoms with van der Waals surface area (Å²) in [5.74, 6) is -0.881. The molecule has 0 unspecified atom stereocenters. The minimum atomic E-state index is -1.23. The van der Waals surface area contributed by atoms with Crippen LogP contribution in [0.25, 0.3) is 0 Å². The molecule has 1 heterocycles. The molecular formula is C13H16FNO3. The zero-order valence-corrected chi connectivity index (χ0v) is 9.97. The zero-order valence-electron chi connectivity index (χ0n) is 9.97. The van der Waals surface area contributed by atoms with Gasteiger partial charge < -0.3 is 15.1 Å². The number of aromatic hydroxyl groups is 1. The summed E-state index contributed by atoms with van der Waals surface area (Å²) in [5.41, 5.74) is -0.388. The summed E-state index contributed by atoms with van der Waals surface area (Å²) in [6.07, 6.45) is 0.572. The number of carboxylic acid groups (broad SMARTS) is 1. The van der Waals surface area contributed by atoms with Crippen molar-refractivity contribution in [2.45, 2.75) is 12.8 Å². The van der Waals surface area contributed by atoms with E-state index in [0.717, 1.165) is 5.69 Å². The van der Waals surface area contributed by atoms with Gasteiger partial charge in [0, 0.05) is 24.8 Å². The van der Waals surface area contributed by atoms with Gasteiger partial charge in [-0.25, -0.2) is 4.39 Å². The number of nitrogens with zero attached hydrogens (tertiary/aromatic N) is 1. The fourth-order valence-corrected chi connectivity index (χ4v) is 2.29. The molecule has 1 aliphatic rings. The number of aliphatic carboxylic acids is 1. The fraction of sp³-hybridized carbons (Fsp3) is 0.462. The van der Waals surface area contributed by atoms with Crippen LogP contribution in [-0.2, 0) is 4.79 Å². The molecule has 18 heavy (non-hydrogen) atoms. The van der Waals surface area contributed by atoms with Crippen molar-refractivity contribution >= 4 is 11.7 Å². The summed E-state index contributed by atoms with van der Waals surface area (Å²) in [5, 5.41) is 18.5. The van der Waals surface area contributed by atoms with Crippen LogP contribution in [0, 0.1) is 5.41 Å². The Morgan fingerprint density at radius 2 is 2.06 bits per heavy atom. The Morgan fingerprint density at radius 3 is 2.56 bits per heavy atom. The number of rotatable bonds is 3. The number of phenolic OH excluding ortho intramolecular Hbond substituents is 1. The second kappa shape index (κ2) is 4.84. The van der Waals surface area contributed by atoms with Crippen LogP contribution in [0.2, 0.25) is 0 Å². The lowest BCUT2D eigenvalue weighted by Gasteiger charge is -2.38. The van der Waals surface area contributed by atoms with Crippen molar-refractivity contribution in [1.29, 1.82) is 0 Å². The predicted octanol–water partition coefficient (Wildman–Crippen LogP) is 2.03. The zero-order chi connectivity index (χ0) is 13.2. The fourth-order valence-electron chi connectivity index (χ4n) is 2.29. The molecule has 98 valence electrons. The third-order valence-electron chi connectivity index (χ3n) is 3.62. The van der Waals surface area contributed by atoms with Crippen LogP contribution in [0.3, 0.4) is 0 Å². The van der Waals surface area contributed by atoms with Gasteiger partial charge in [-0.15, -0.1) is 0 Å². The Hall–Kier alpha value is -1.78. The second-order valence-corrected chi connectivity index (χ2v) is 4.73. The number of carbonyl (C=O) groups is 1. The molecule has 1 aromatic rings. The summed E-state index contributed by atoms with van der Waals surface area (Å²) in [4.78, 5) is 13.1. The van der Waals surface area contributed by atoms with Gasteiger partial charge in [-0.3, -0.25) is 4.79 Å². The molecule has 0 aliphatic carbocycles. The standard InChI is InChI=1S/C13H16FNO3/c14-9-13(12(17)18)4-6-15(7-5-13)10-2-1-3-11(16)8-10/h1-3,8,16H,4-7,9H2,(H,17,18). The summed E-state index contributed by atoms with van der Waals surface area (Å²) in [6.45, 7) is 0.148. The number of anilines is 1. The van der Waals surface area contributed by atoms with Crippen molar-refractivity contribution in [2.75, 3.05) is 24.7 Å². The van der Waals surface area contributed by atoms with Crippen LogP contribution in [0.5, 0.6) is 5.75 Å². The van der Waals surface area contributed by atoms with Gasteiger partial charge in [0.1, 0.15) is 12.4 Å². The van der Waals surface area contributed by atoms with Gasteiger partial charge in [0.25, 0.3) is 0 Å². The van der Waals surface area contributed by atoms with E-state index < -0.39 is 18.1 Å². The van der Waals surface area contributed by atoms with Crippen molar-refractivity contribution in [3.63, 3.8) is 0 Å². The van der Waals surface area contributed by atoms with Crippen molar-refractivity contribution in [3.05, 3.63) is 24.3 Å². The molecule has 0 amide bonds. The van der Waals surface area contributed by atoms with Gasteiger partial charge in [-0.1, -0.05) is 6.07 Å². The first-order valence-corrected chi connectivity index (χ1v) is 5.91. The van der Waals surface area contributed by atoms with E-state index in [1.54, 1.807) is 18.2 Å². The first kappa shape index (κ1) is 12.7. The predicted molar refractivity (Wildman–Crippen MR) is 65.6 cm³/mol. The van der Waals surface area contributed by atoms with Crippen LogP contribution >= 0.6 is 0 Å². The van der Waals surface area contributed by atoms with Crippen LogP contribution in [0.15, 0.2) is 24.3 Å². The maximum absolute atomic E-state index is 12.9. The maximum Gasteiger partial charge on any atom is 0.312 e. The van der Waals surface area contributed by atoms with Crippen LogP contribution in [0.1, 0.15) is 12.8 Å². The summed E-state index contributed by atoms with van der Waals surface area (Å²) >= 11 is 0. The molecule has 0 saturated carbocycles. The van der Waals surface area contributed by atoms with Crippen LogP contribution < -0.4 is 4.90 Å². The maximum atomic E-state index is 12.9. The van der Waals surface area contributed by atoms with Crippen molar-refractivity contribution in [3.8, 4) is 5.75 Å². The molecular weight excluding hydrogens is 237 g/mol. The van der Waals surface area contributed by atoms with E-state index in [4.69, 9.17) is 5.11 Å². The van der Waals surface area contributed by atoms with E-state index in [1.165, 1.54) is 0 Å². The number of hydrogen-bond acceptors (Lipinski definition) is 3. The first-order valence-electron chi connectivity index (χ1n) is 5.91. The van der Waals surface area contributed by atoms with E-state index in [2.05, 4.69) is 0 Å². The van der Waals surface area contributed by atoms with Gasteiger partial charge in [0.05, 0.1) is 5.41 Å². The molecule has 0 atom stereocenters. The topological polar surface area (TPSA) is 60.8 Å². The molecule has 5 heteroatoms. The van der Waals surface area contributed by atoms with Crippen molar-refractivity contribution in [2.24, 2.45) is 5.41 Å². The molecule has 0 spiro atoms. The molecule has 0 bridgehead atoms. The van der Waals surface area contributed by atoms with Crippen LogP contribution in [-0.4, -0.2) is 35.9 Å². The first-order chi connectivity index (χ1) is 8.57. The third kappa shape index (κ3) is 2.25. The molecule has 4 nitrogen and oxygen atoms in total. The van der Waals surface area contributed by atoms with Crippen molar-refractivity contribution < 1.29 is 19.4 Å². The van der Waals surface area contributed by atoms with E-state index in [-0.39, 0.29) is 18.6 Å². The number of piperidine rings is 1. The average molecular weight is 253 g/mol. The molecule has 0 aromatic heterocycles. The normalized spacial score (nSPS) is 18.6. The lowest BCUT2D eigenvalue weighted by Crippen LogP contribution is -2.45. The average Bonchev–Trinajstić information content (AvgIpc) is 2.38. The largest absolute Gasteiger partial charge is 0.508 e. The lowest BCUT2D eigenvalue weighted by molar-refractivity contribution is -0.151. The Balaban J connectivity index is 2.09. The highest BCUT2D eigenvalue weighted by Crippen LogP contribution is 2.34. The molecule has 1 aliphatic heterocycles. The van der Waals surface area contributed by atoms with E-state index in [9.17, 15) is 14.3 Å². The number of hydrogen-bond donors (Lipinski definition) is 2. The lowest BCUT2D eigenvalue weighted by atomic mass is 9.79. The van der Waals surface area contributed by atoms with Gasteiger partial charge in [0.15, 0.2) is 0 Å². The molecule has 2 rings (SSSR count). The Kier molecular flexibility index (Phi) is 3.41. The van der Waals surface area contributed by atoms with Crippen molar-refractivity contribution in [1.82, 2.24) is 0 Å². The molecule has 2 N–H and O–H groups in total. The molecule has 1 fully saturated rings. The SMILES string of the molecule is O=C(O)C1(CF)CCN(c2cccc(O)c2)CC1. The highest BCUT2D eigenvalue weighted by atomic mass is 19.1. The number of halogens is 1. The summed E-state index contributed by atoms with van der Waals surface area (Å²) < 4.78 is 12.9. The van der Waals surface area contributed by atoms with Crippen LogP contribution in [0.4, 0.5) is 10.1 Å². The Morgan fingerprint density at radius 1 is 1.39 bits per heavy atom. The van der Waals surface area contributed by atoms with E-state index in [0.29, 0.717) is 13.1 Å². The monoisotopic (exact) mass is 253 g/mol. The third-order valence-corrected chi connectivity index (χ3v) is 3.62. The number of phenols is 1. The minimum absolute atomic E-state index is 0.174. The Labute approximate surface area is 105 Å². The highest BCUT2D eigenvalue weighted by molar-refractivity contribution is 5.75. The van der Waals surface area contributed by atoms with Gasteiger partial charge in [0.2, 0.25) is 0 Å². The van der Waals surface area contributed by atoms with Gasteiger partial charge in [-0.2, -0.15) is 0 Å². The van der Waals surface area contributed by atoms with Gasteiger partial charge >= 0.3 is 5.97 Å².